The zero-order valence-corrected chi connectivity index (χ0v) is 16.0. The predicted octanol–water partition coefficient (Wildman–Crippen LogP) is 3.39. The fraction of sp³-hybridized carbons (Fsp3) is 0.143. The molecule has 1 atom stereocenters. The van der Waals surface area contributed by atoms with Gasteiger partial charge in [0.2, 0.25) is 0 Å². The van der Waals surface area contributed by atoms with Crippen molar-refractivity contribution in [3.8, 4) is 11.5 Å². The highest BCUT2D eigenvalue weighted by molar-refractivity contribution is 5.97. The maximum absolute atomic E-state index is 14.6. The van der Waals surface area contributed by atoms with Crippen LogP contribution in [0.4, 0.5) is 4.39 Å². The fourth-order valence-electron chi connectivity index (χ4n) is 3.03. The van der Waals surface area contributed by atoms with Crippen molar-refractivity contribution >= 4 is 5.91 Å². The van der Waals surface area contributed by atoms with E-state index >= 15 is 0 Å². The number of hydrogen-bond acceptors (Lipinski definition) is 4. The number of amides is 1. The standard InChI is InChI=1S/C21H19FN6O/c1-14-12-25-28(13-14)19-7-6-16(11-18(19)22)15(2)26-21(29)17-5-3-8-23-20(17)27-10-4-9-24-27/h3-13,15H,1-2H3,(H,26,29)/t15-/m1/s1. The van der Waals surface area contributed by atoms with Crippen LogP contribution in [0.25, 0.3) is 11.5 Å². The number of aromatic nitrogens is 5. The summed E-state index contributed by atoms with van der Waals surface area (Å²) in [6.45, 7) is 3.69. The molecule has 0 spiro atoms. The van der Waals surface area contributed by atoms with Crippen LogP contribution in [0, 0.1) is 12.7 Å². The van der Waals surface area contributed by atoms with Crippen LogP contribution in [0.3, 0.4) is 0 Å². The Morgan fingerprint density at radius 1 is 1.14 bits per heavy atom. The molecule has 7 nitrogen and oxygen atoms in total. The van der Waals surface area contributed by atoms with Gasteiger partial charge < -0.3 is 5.32 Å². The lowest BCUT2D eigenvalue weighted by molar-refractivity contribution is 0.0939. The van der Waals surface area contributed by atoms with Crippen LogP contribution in [0.5, 0.6) is 0 Å². The minimum Gasteiger partial charge on any atom is -0.345 e. The molecule has 0 bridgehead atoms. The molecule has 0 aliphatic carbocycles. The number of carbonyl (C=O) groups is 1. The molecular formula is C21H19FN6O. The van der Waals surface area contributed by atoms with E-state index in [1.807, 2.05) is 6.92 Å². The molecule has 0 unspecified atom stereocenters. The zero-order valence-electron chi connectivity index (χ0n) is 16.0. The maximum Gasteiger partial charge on any atom is 0.255 e. The first-order valence-electron chi connectivity index (χ1n) is 9.10. The van der Waals surface area contributed by atoms with Gasteiger partial charge in [-0.1, -0.05) is 6.07 Å². The minimum absolute atomic E-state index is 0.316. The quantitative estimate of drug-likeness (QED) is 0.567. The van der Waals surface area contributed by atoms with Crippen molar-refractivity contribution in [3.05, 3.63) is 89.9 Å². The molecule has 1 N–H and O–H groups in total. The fourth-order valence-corrected chi connectivity index (χ4v) is 3.03. The molecule has 4 rings (SSSR count). The second kappa shape index (κ2) is 7.67. The first-order chi connectivity index (χ1) is 14.0. The van der Waals surface area contributed by atoms with Crippen molar-refractivity contribution in [2.75, 3.05) is 0 Å². The summed E-state index contributed by atoms with van der Waals surface area (Å²) in [5, 5.41) is 11.2. The van der Waals surface area contributed by atoms with Crippen LogP contribution in [-0.4, -0.2) is 30.5 Å². The van der Waals surface area contributed by atoms with Crippen molar-refractivity contribution in [2.24, 2.45) is 0 Å². The third-order valence-electron chi connectivity index (χ3n) is 4.53. The lowest BCUT2D eigenvalue weighted by Gasteiger charge is -2.16. The summed E-state index contributed by atoms with van der Waals surface area (Å²) in [4.78, 5) is 17.1. The largest absolute Gasteiger partial charge is 0.345 e. The first kappa shape index (κ1) is 18.5. The van der Waals surface area contributed by atoms with E-state index in [2.05, 4.69) is 20.5 Å². The van der Waals surface area contributed by atoms with E-state index in [1.54, 1.807) is 68.2 Å². The third kappa shape index (κ3) is 3.77. The second-order valence-corrected chi connectivity index (χ2v) is 6.69. The van der Waals surface area contributed by atoms with E-state index in [1.165, 1.54) is 15.4 Å². The summed E-state index contributed by atoms with van der Waals surface area (Å²) in [5.41, 5.74) is 2.33. The molecule has 4 aromatic rings. The summed E-state index contributed by atoms with van der Waals surface area (Å²) < 4.78 is 17.6. The average Bonchev–Trinajstić information content (AvgIpc) is 3.40. The molecule has 8 heteroatoms. The zero-order chi connectivity index (χ0) is 20.4. The number of carbonyl (C=O) groups excluding carboxylic acids is 1. The van der Waals surface area contributed by atoms with Gasteiger partial charge in [0.25, 0.3) is 5.91 Å². The third-order valence-corrected chi connectivity index (χ3v) is 4.53. The van der Waals surface area contributed by atoms with E-state index in [0.29, 0.717) is 22.6 Å². The van der Waals surface area contributed by atoms with Gasteiger partial charge in [-0.2, -0.15) is 10.2 Å². The first-order valence-corrected chi connectivity index (χ1v) is 9.10. The molecule has 0 aliphatic rings. The lowest BCUT2D eigenvalue weighted by atomic mass is 10.1. The Labute approximate surface area is 166 Å². The van der Waals surface area contributed by atoms with Gasteiger partial charge in [0.1, 0.15) is 11.5 Å². The Bertz CT molecular complexity index is 1150. The number of nitrogens with zero attached hydrogens (tertiary/aromatic N) is 5. The highest BCUT2D eigenvalue weighted by Gasteiger charge is 2.18. The number of nitrogens with one attached hydrogen (secondary N) is 1. The van der Waals surface area contributed by atoms with Gasteiger partial charge in [-0.3, -0.25) is 4.79 Å². The van der Waals surface area contributed by atoms with E-state index in [9.17, 15) is 9.18 Å². The highest BCUT2D eigenvalue weighted by Crippen LogP contribution is 2.20. The highest BCUT2D eigenvalue weighted by atomic mass is 19.1. The molecule has 29 heavy (non-hydrogen) atoms. The van der Waals surface area contributed by atoms with Crippen molar-refractivity contribution in [1.29, 1.82) is 0 Å². The van der Waals surface area contributed by atoms with E-state index in [4.69, 9.17) is 0 Å². The number of aryl methyl sites for hydroxylation is 1. The van der Waals surface area contributed by atoms with Gasteiger partial charge in [-0.05, 0) is 55.3 Å². The van der Waals surface area contributed by atoms with Gasteiger partial charge in [0.15, 0.2) is 5.82 Å². The van der Waals surface area contributed by atoms with Crippen LogP contribution in [0.15, 0.2) is 67.4 Å². The summed E-state index contributed by atoms with van der Waals surface area (Å²) >= 11 is 0. The van der Waals surface area contributed by atoms with Crippen LogP contribution in [-0.2, 0) is 0 Å². The topological polar surface area (TPSA) is 77.6 Å². The Morgan fingerprint density at radius 3 is 2.69 bits per heavy atom. The molecular weight excluding hydrogens is 371 g/mol. The number of hydrogen-bond donors (Lipinski definition) is 1. The van der Waals surface area contributed by atoms with Crippen LogP contribution in [0.1, 0.15) is 34.5 Å². The second-order valence-electron chi connectivity index (χ2n) is 6.69. The van der Waals surface area contributed by atoms with E-state index in [0.717, 1.165) is 5.56 Å². The Morgan fingerprint density at radius 2 is 2.00 bits per heavy atom. The van der Waals surface area contributed by atoms with Gasteiger partial charge in [-0.25, -0.2) is 18.7 Å². The van der Waals surface area contributed by atoms with Crippen molar-refractivity contribution in [3.63, 3.8) is 0 Å². The molecule has 0 aliphatic heterocycles. The van der Waals surface area contributed by atoms with Gasteiger partial charge in [0, 0.05) is 24.8 Å². The van der Waals surface area contributed by atoms with Crippen molar-refractivity contribution in [2.45, 2.75) is 19.9 Å². The minimum atomic E-state index is -0.412. The van der Waals surface area contributed by atoms with Gasteiger partial charge >= 0.3 is 0 Å². The molecule has 0 fully saturated rings. The summed E-state index contributed by atoms with van der Waals surface area (Å²) in [6, 6.07) is 9.55. The maximum atomic E-state index is 14.6. The van der Waals surface area contributed by atoms with Gasteiger partial charge in [0.05, 0.1) is 17.8 Å². The molecule has 146 valence electrons. The molecule has 3 heterocycles. The molecule has 1 amide bonds. The number of benzene rings is 1. The molecule has 0 radical (unpaired) electrons. The van der Waals surface area contributed by atoms with E-state index in [-0.39, 0.29) is 5.91 Å². The SMILES string of the molecule is Cc1cnn(-c2ccc([C@@H](C)NC(=O)c3cccnc3-n3cccn3)cc2F)c1. The monoisotopic (exact) mass is 390 g/mol. The van der Waals surface area contributed by atoms with Gasteiger partial charge in [-0.15, -0.1) is 0 Å². The van der Waals surface area contributed by atoms with Crippen LogP contribution < -0.4 is 5.32 Å². The number of pyridine rings is 1. The average molecular weight is 390 g/mol. The summed E-state index contributed by atoms with van der Waals surface area (Å²) in [5.74, 6) is -0.300. The molecule has 1 aromatic carbocycles. The van der Waals surface area contributed by atoms with Crippen LogP contribution in [0.2, 0.25) is 0 Å². The normalized spacial score (nSPS) is 12.0. The Hall–Kier alpha value is -3.81. The predicted molar refractivity (Wildman–Crippen MR) is 105 cm³/mol. The number of halogens is 1. The van der Waals surface area contributed by atoms with Crippen molar-refractivity contribution in [1.82, 2.24) is 29.9 Å². The molecule has 0 saturated heterocycles. The van der Waals surface area contributed by atoms with E-state index < -0.39 is 11.9 Å². The number of rotatable bonds is 5. The summed E-state index contributed by atoms with van der Waals surface area (Å²) in [7, 11) is 0. The summed E-state index contributed by atoms with van der Waals surface area (Å²) in [6.07, 6.45) is 8.35. The smallest absolute Gasteiger partial charge is 0.255 e. The van der Waals surface area contributed by atoms with Crippen molar-refractivity contribution < 1.29 is 9.18 Å². The molecule has 3 aromatic heterocycles. The Balaban J connectivity index is 1.55. The Kier molecular flexibility index (Phi) is 4.90. The molecule has 0 saturated carbocycles. The lowest BCUT2D eigenvalue weighted by Crippen LogP contribution is -2.28. The van der Waals surface area contributed by atoms with Crippen LogP contribution >= 0.6 is 0 Å².